The predicted molar refractivity (Wildman–Crippen MR) is 91.2 cm³/mol. The Morgan fingerprint density at radius 2 is 1.77 bits per heavy atom. The average Bonchev–Trinajstić information content (AvgIpc) is 2.44. The van der Waals surface area contributed by atoms with E-state index >= 15 is 0 Å². The van der Waals surface area contributed by atoms with Crippen molar-refractivity contribution in [1.29, 1.82) is 0 Å². The molecule has 0 amide bonds. The number of benzene rings is 1. The molecule has 1 unspecified atom stereocenters. The lowest BCUT2D eigenvalue weighted by Gasteiger charge is -2.26. The largest absolute Gasteiger partial charge is 0.464 e. The maximum absolute atomic E-state index is 11.1. The lowest BCUT2D eigenvalue weighted by atomic mass is 9.98. The fourth-order valence-electron chi connectivity index (χ4n) is 2.51. The molecule has 0 spiro atoms. The zero-order valence-electron chi connectivity index (χ0n) is 12.7. The number of esters is 1. The third kappa shape index (κ3) is 5.25. The summed E-state index contributed by atoms with van der Waals surface area (Å²) in [6.45, 7) is 3.25. The highest BCUT2D eigenvalue weighted by atomic mass is 79.9. The normalized spacial score (nSPS) is 17.1. The van der Waals surface area contributed by atoms with Crippen LogP contribution in [0, 0.1) is 0 Å². The quantitative estimate of drug-likeness (QED) is 0.361. The Labute approximate surface area is 147 Å². The fourth-order valence-corrected chi connectivity index (χ4v) is 3.68. The van der Waals surface area contributed by atoms with Gasteiger partial charge in [0.25, 0.3) is 0 Å². The lowest BCUT2D eigenvalue weighted by molar-refractivity contribution is -0.131. The van der Waals surface area contributed by atoms with Crippen molar-refractivity contribution in [2.75, 3.05) is 0 Å². The molecule has 122 valence electrons. The van der Waals surface area contributed by atoms with Crippen LogP contribution in [0.25, 0.3) is 0 Å². The topological polar surface area (TPSA) is 44.8 Å². The van der Waals surface area contributed by atoms with Crippen molar-refractivity contribution in [3.63, 3.8) is 0 Å². The third-order valence-corrected chi connectivity index (χ3v) is 4.71. The van der Waals surface area contributed by atoms with Crippen molar-refractivity contribution < 1.29 is 19.0 Å². The maximum Gasteiger partial charge on any atom is 0.308 e. The van der Waals surface area contributed by atoms with Crippen molar-refractivity contribution >= 4 is 37.8 Å². The van der Waals surface area contributed by atoms with Crippen LogP contribution < -0.4 is 9.47 Å². The summed E-state index contributed by atoms with van der Waals surface area (Å²) in [6, 6.07) is 3.47. The Morgan fingerprint density at radius 3 is 2.41 bits per heavy atom. The highest BCUT2D eigenvalue weighted by Gasteiger charge is 2.19. The summed E-state index contributed by atoms with van der Waals surface area (Å²) >= 11 is 6.81. The van der Waals surface area contributed by atoms with Gasteiger partial charge in [-0.05, 0) is 57.7 Å². The van der Waals surface area contributed by atoms with Gasteiger partial charge in [0.1, 0.15) is 11.5 Å². The number of carbonyl (C=O) groups is 1. The Bertz CT molecular complexity index is 527. The second-order valence-electron chi connectivity index (χ2n) is 5.39. The highest BCUT2D eigenvalue weighted by molar-refractivity contribution is 9.11. The average molecular weight is 436 g/mol. The molecule has 0 radical (unpaired) electrons. The second-order valence-corrected chi connectivity index (χ2v) is 7.10. The van der Waals surface area contributed by atoms with Crippen molar-refractivity contribution in [2.45, 2.75) is 58.3 Å². The van der Waals surface area contributed by atoms with Gasteiger partial charge in [-0.1, -0.05) is 19.3 Å². The predicted octanol–water partition coefficient (Wildman–Crippen LogP) is 5.21. The van der Waals surface area contributed by atoms with Gasteiger partial charge in [-0.25, -0.2) is 0 Å². The fraction of sp³-hybridized carbons (Fsp3) is 0.562. The molecule has 1 atom stereocenters. The van der Waals surface area contributed by atoms with Gasteiger partial charge in [0, 0.05) is 13.0 Å². The number of ether oxygens (including phenoxy) is 3. The molecule has 1 saturated carbocycles. The van der Waals surface area contributed by atoms with Crippen LogP contribution in [0.3, 0.4) is 0 Å². The van der Waals surface area contributed by atoms with Gasteiger partial charge in [0.2, 0.25) is 0 Å². The van der Waals surface area contributed by atoms with Crippen molar-refractivity contribution in [2.24, 2.45) is 0 Å². The van der Waals surface area contributed by atoms with E-state index in [0.717, 1.165) is 17.3 Å². The van der Waals surface area contributed by atoms with Gasteiger partial charge in [0.05, 0.1) is 15.0 Å². The zero-order valence-corrected chi connectivity index (χ0v) is 15.9. The summed E-state index contributed by atoms with van der Waals surface area (Å²) in [7, 11) is 0. The minimum absolute atomic E-state index is 0.269. The first-order valence-electron chi connectivity index (χ1n) is 7.45. The van der Waals surface area contributed by atoms with Crippen LogP contribution in [0.1, 0.15) is 46.0 Å². The van der Waals surface area contributed by atoms with Gasteiger partial charge < -0.3 is 14.2 Å². The van der Waals surface area contributed by atoms with Gasteiger partial charge in [-0.3, -0.25) is 4.79 Å². The Morgan fingerprint density at radius 1 is 1.14 bits per heavy atom. The van der Waals surface area contributed by atoms with E-state index in [-0.39, 0.29) is 18.4 Å². The first-order valence-corrected chi connectivity index (χ1v) is 9.04. The maximum atomic E-state index is 11.1. The van der Waals surface area contributed by atoms with E-state index in [9.17, 15) is 4.79 Å². The van der Waals surface area contributed by atoms with E-state index in [0.29, 0.717) is 16.0 Å². The number of hydrogen-bond acceptors (Lipinski definition) is 4. The molecule has 6 heteroatoms. The van der Waals surface area contributed by atoms with E-state index in [4.69, 9.17) is 14.2 Å². The summed E-state index contributed by atoms with van der Waals surface area (Å²) in [5.74, 6) is 0.638. The molecule has 0 heterocycles. The van der Waals surface area contributed by atoms with E-state index in [1.165, 1.54) is 26.2 Å². The standard InChI is InChI=1S/C16H20Br2O4/c1-10(19)20-15-9-16(14(18)8-13(15)17)22-11(2)21-12-6-4-3-5-7-12/h8-9,11-12H,3-7H2,1-2H3. The summed E-state index contributed by atoms with van der Waals surface area (Å²) in [4.78, 5) is 11.1. The van der Waals surface area contributed by atoms with Gasteiger partial charge in [-0.15, -0.1) is 0 Å². The van der Waals surface area contributed by atoms with E-state index in [2.05, 4.69) is 31.9 Å². The van der Waals surface area contributed by atoms with Crippen LogP contribution in [-0.2, 0) is 9.53 Å². The monoisotopic (exact) mass is 434 g/mol. The first-order chi connectivity index (χ1) is 10.5. The minimum atomic E-state index is -0.375. The zero-order chi connectivity index (χ0) is 16.1. The van der Waals surface area contributed by atoms with Crippen molar-refractivity contribution in [1.82, 2.24) is 0 Å². The van der Waals surface area contributed by atoms with Crippen molar-refractivity contribution in [3.8, 4) is 11.5 Å². The third-order valence-electron chi connectivity index (χ3n) is 3.47. The van der Waals surface area contributed by atoms with Crippen LogP contribution in [0.5, 0.6) is 11.5 Å². The van der Waals surface area contributed by atoms with Crippen LogP contribution in [0.4, 0.5) is 0 Å². The molecule has 0 aromatic heterocycles. The van der Waals surface area contributed by atoms with Crippen molar-refractivity contribution in [3.05, 3.63) is 21.1 Å². The van der Waals surface area contributed by atoms with E-state index in [1.54, 1.807) is 12.1 Å². The first kappa shape index (κ1) is 17.8. The molecule has 1 aromatic carbocycles. The highest BCUT2D eigenvalue weighted by Crippen LogP contribution is 2.37. The summed E-state index contributed by atoms with van der Waals surface area (Å²) in [5, 5.41) is 0. The second kappa shape index (κ2) is 8.31. The molecule has 0 saturated heterocycles. The molecule has 22 heavy (non-hydrogen) atoms. The van der Waals surface area contributed by atoms with Gasteiger partial charge >= 0.3 is 5.97 Å². The molecule has 1 aliphatic rings. The van der Waals surface area contributed by atoms with E-state index in [1.807, 2.05) is 6.92 Å². The van der Waals surface area contributed by atoms with Crippen LogP contribution in [0.15, 0.2) is 21.1 Å². The molecule has 2 rings (SSSR count). The minimum Gasteiger partial charge on any atom is -0.464 e. The number of hydrogen-bond donors (Lipinski definition) is 0. The molecular weight excluding hydrogens is 416 g/mol. The van der Waals surface area contributed by atoms with Gasteiger partial charge in [-0.2, -0.15) is 0 Å². The SMILES string of the molecule is CC(=O)Oc1cc(OC(C)OC2CCCCC2)c(Br)cc1Br. The molecular formula is C16H20Br2O4. The smallest absolute Gasteiger partial charge is 0.308 e. The molecule has 0 aliphatic heterocycles. The lowest BCUT2D eigenvalue weighted by Crippen LogP contribution is -2.26. The molecule has 1 aliphatic carbocycles. The molecule has 1 aromatic rings. The van der Waals surface area contributed by atoms with Crippen LogP contribution in [0.2, 0.25) is 0 Å². The Hall–Kier alpha value is -0.590. The summed E-state index contributed by atoms with van der Waals surface area (Å²) in [5.41, 5.74) is 0. The molecule has 0 bridgehead atoms. The molecule has 4 nitrogen and oxygen atoms in total. The number of carbonyl (C=O) groups excluding carboxylic acids is 1. The molecule has 0 N–H and O–H groups in total. The summed E-state index contributed by atoms with van der Waals surface area (Å²) in [6.07, 6.45) is 5.82. The van der Waals surface area contributed by atoms with Gasteiger partial charge in [0.15, 0.2) is 6.29 Å². The Kier molecular flexibility index (Phi) is 6.71. The molecule has 1 fully saturated rings. The van der Waals surface area contributed by atoms with Crippen LogP contribution >= 0.6 is 31.9 Å². The number of rotatable bonds is 5. The van der Waals surface area contributed by atoms with E-state index < -0.39 is 0 Å². The summed E-state index contributed by atoms with van der Waals surface area (Å²) < 4.78 is 18.4. The number of halogens is 2. The Balaban J connectivity index is 2.02. The van der Waals surface area contributed by atoms with Crippen LogP contribution in [-0.4, -0.2) is 18.4 Å².